The maximum atomic E-state index is 12.5. The average molecular weight is 346 g/mol. The normalized spacial score (nSPS) is 23.2. The summed E-state index contributed by atoms with van der Waals surface area (Å²) in [4.78, 5) is 15.5. The molecule has 1 N–H and O–H groups in total. The lowest BCUT2D eigenvalue weighted by Crippen LogP contribution is -2.44. The monoisotopic (exact) mass is 345 g/mol. The lowest BCUT2D eigenvalue weighted by atomic mass is 9.92. The SMILES string of the molecule is CC(C(=O)N1CCCC(C(C)O)C1)c1ccc(Br)s1. The highest BCUT2D eigenvalue weighted by atomic mass is 79.9. The molecule has 2 heterocycles. The Hall–Kier alpha value is -0.390. The molecular weight excluding hydrogens is 326 g/mol. The Kier molecular flexibility index (Phi) is 5.03. The van der Waals surface area contributed by atoms with Crippen LogP contribution in [0.5, 0.6) is 0 Å². The third-order valence-corrected chi connectivity index (χ3v) is 5.65. The number of aliphatic hydroxyl groups excluding tert-OH is 1. The van der Waals surface area contributed by atoms with Crippen molar-refractivity contribution in [2.45, 2.75) is 38.7 Å². The molecule has 1 aliphatic heterocycles. The number of aliphatic hydroxyl groups is 1. The van der Waals surface area contributed by atoms with Gasteiger partial charge in [0.2, 0.25) is 5.91 Å². The molecule has 0 saturated carbocycles. The van der Waals surface area contributed by atoms with Crippen LogP contribution in [0.2, 0.25) is 0 Å². The Balaban J connectivity index is 2.02. The maximum absolute atomic E-state index is 12.5. The van der Waals surface area contributed by atoms with Crippen molar-refractivity contribution in [3.8, 4) is 0 Å². The zero-order valence-electron chi connectivity index (χ0n) is 11.3. The minimum Gasteiger partial charge on any atom is -0.393 e. The summed E-state index contributed by atoms with van der Waals surface area (Å²) in [6.45, 7) is 5.29. The van der Waals surface area contributed by atoms with Crippen LogP contribution < -0.4 is 0 Å². The second-order valence-electron chi connectivity index (χ2n) is 5.29. The molecule has 2 rings (SSSR count). The van der Waals surface area contributed by atoms with Crippen LogP contribution in [0.4, 0.5) is 0 Å². The molecule has 3 unspecified atom stereocenters. The van der Waals surface area contributed by atoms with Gasteiger partial charge in [0, 0.05) is 23.9 Å². The summed E-state index contributed by atoms with van der Waals surface area (Å²) in [5, 5.41) is 9.69. The Morgan fingerprint density at radius 2 is 2.26 bits per heavy atom. The second-order valence-corrected chi connectivity index (χ2v) is 7.79. The minimum absolute atomic E-state index is 0.0935. The van der Waals surface area contributed by atoms with E-state index < -0.39 is 0 Å². The number of carbonyl (C=O) groups excluding carboxylic acids is 1. The van der Waals surface area contributed by atoms with E-state index in [0.29, 0.717) is 6.54 Å². The maximum Gasteiger partial charge on any atom is 0.230 e. The van der Waals surface area contributed by atoms with Crippen molar-refractivity contribution in [3.63, 3.8) is 0 Å². The number of hydrogen-bond acceptors (Lipinski definition) is 3. The lowest BCUT2D eigenvalue weighted by molar-refractivity contribution is -0.135. The molecule has 1 aromatic heterocycles. The molecule has 0 bridgehead atoms. The summed E-state index contributed by atoms with van der Waals surface area (Å²) >= 11 is 5.05. The molecule has 1 aliphatic rings. The Morgan fingerprint density at radius 3 is 2.84 bits per heavy atom. The molecule has 0 aliphatic carbocycles. The molecule has 0 radical (unpaired) electrons. The topological polar surface area (TPSA) is 40.5 Å². The van der Waals surface area contributed by atoms with Crippen LogP contribution in [0.1, 0.15) is 37.5 Å². The molecule has 0 spiro atoms. The number of likely N-dealkylation sites (tertiary alicyclic amines) is 1. The van der Waals surface area contributed by atoms with Crippen molar-refractivity contribution >= 4 is 33.2 Å². The predicted octanol–water partition coefficient (Wildman–Crippen LogP) is 3.23. The number of piperidine rings is 1. The first-order valence-electron chi connectivity index (χ1n) is 6.71. The molecule has 1 fully saturated rings. The van der Waals surface area contributed by atoms with E-state index in [2.05, 4.69) is 15.9 Å². The Bertz CT molecular complexity index is 446. The average Bonchev–Trinajstić information content (AvgIpc) is 2.84. The van der Waals surface area contributed by atoms with E-state index in [1.165, 1.54) is 0 Å². The van der Waals surface area contributed by atoms with Crippen LogP contribution in [0.25, 0.3) is 0 Å². The summed E-state index contributed by atoms with van der Waals surface area (Å²) in [5.74, 6) is 0.309. The predicted molar refractivity (Wildman–Crippen MR) is 81.4 cm³/mol. The van der Waals surface area contributed by atoms with Crippen LogP contribution >= 0.6 is 27.3 Å². The fourth-order valence-electron chi connectivity index (χ4n) is 2.56. The number of thiophene rings is 1. The molecule has 3 nitrogen and oxygen atoms in total. The first-order valence-corrected chi connectivity index (χ1v) is 8.32. The van der Waals surface area contributed by atoms with E-state index in [1.54, 1.807) is 11.3 Å². The Morgan fingerprint density at radius 1 is 1.53 bits per heavy atom. The molecule has 19 heavy (non-hydrogen) atoms. The highest BCUT2D eigenvalue weighted by molar-refractivity contribution is 9.11. The summed E-state index contributed by atoms with van der Waals surface area (Å²) in [5.41, 5.74) is 0. The summed E-state index contributed by atoms with van der Waals surface area (Å²) < 4.78 is 1.06. The zero-order chi connectivity index (χ0) is 14.0. The van der Waals surface area contributed by atoms with Gasteiger partial charge in [-0.3, -0.25) is 4.79 Å². The minimum atomic E-state index is -0.332. The highest BCUT2D eigenvalue weighted by Gasteiger charge is 2.29. The standard InChI is InChI=1S/C14H20BrNO2S/c1-9(12-5-6-13(15)19-12)14(18)16-7-3-4-11(8-16)10(2)17/h5-6,9-11,17H,3-4,7-8H2,1-2H3. The molecule has 5 heteroatoms. The number of halogens is 1. The van der Waals surface area contributed by atoms with Gasteiger partial charge in [-0.25, -0.2) is 0 Å². The Labute approximate surface area is 126 Å². The first-order chi connectivity index (χ1) is 8.99. The number of rotatable bonds is 3. The van der Waals surface area contributed by atoms with Gasteiger partial charge in [-0.15, -0.1) is 11.3 Å². The van der Waals surface area contributed by atoms with Crippen molar-refractivity contribution in [1.82, 2.24) is 4.90 Å². The van der Waals surface area contributed by atoms with Gasteiger partial charge in [0.15, 0.2) is 0 Å². The molecule has 1 saturated heterocycles. The van der Waals surface area contributed by atoms with Gasteiger partial charge >= 0.3 is 0 Å². The van der Waals surface area contributed by atoms with Crippen LogP contribution in [0, 0.1) is 5.92 Å². The van der Waals surface area contributed by atoms with Crippen LogP contribution in [-0.4, -0.2) is 35.1 Å². The number of carbonyl (C=O) groups is 1. The van der Waals surface area contributed by atoms with Crippen molar-refractivity contribution in [1.29, 1.82) is 0 Å². The quantitative estimate of drug-likeness (QED) is 0.913. The summed E-state index contributed by atoms with van der Waals surface area (Å²) in [6, 6.07) is 3.99. The smallest absolute Gasteiger partial charge is 0.230 e. The largest absolute Gasteiger partial charge is 0.393 e. The summed E-state index contributed by atoms with van der Waals surface area (Å²) in [6.07, 6.45) is 1.67. The van der Waals surface area contributed by atoms with E-state index in [1.807, 2.05) is 30.9 Å². The molecule has 3 atom stereocenters. The van der Waals surface area contributed by atoms with Gasteiger partial charge in [-0.05, 0) is 54.8 Å². The van der Waals surface area contributed by atoms with Crippen LogP contribution in [0.15, 0.2) is 15.9 Å². The van der Waals surface area contributed by atoms with E-state index in [0.717, 1.165) is 28.0 Å². The molecule has 1 aromatic rings. The lowest BCUT2D eigenvalue weighted by Gasteiger charge is -2.35. The number of hydrogen-bond donors (Lipinski definition) is 1. The third-order valence-electron chi connectivity index (χ3n) is 3.84. The fourth-order valence-corrected chi connectivity index (χ4v) is 4.03. The van der Waals surface area contributed by atoms with Crippen molar-refractivity contribution in [2.24, 2.45) is 5.92 Å². The molecule has 1 amide bonds. The van der Waals surface area contributed by atoms with Crippen LogP contribution in [0.3, 0.4) is 0 Å². The van der Waals surface area contributed by atoms with E-state index in [4.69, 9.17) is 0 Å². The van der Waals surface area contributed by atoms with Crippen molar-refractivity contribution in [3.05, 3.63) is 20.8 Å². The van der Waals surface area contributed by atoms with E-state index in [9.17, 15) is 9.90 Å². The van der Waals surface area contributed by atoms with E-state index >= 15 is 0 Å². The van der Waals surface area contributed by atoms with Gasteiger partial charge < -0.3 is 10.0 Å². The van der Waals surface area contributed by atoms with Gasteiger partial charge in [0.1, 0.15) is 0 Å². The fraction of sp³-hybridized carbons (Fsp3) is 0.643. The summed E-state index contributed by atoms with van der Waals surface area (Å²) in [7, 11) is 0. The van der Waals surface area contributed by atoms with E-state index in [-0.39, 0.29) is 23.8 Å². The zero-order valence-corrected chi connectivity index (χ0v) is 13.7. The third kappa shape index (κ3) is 3.58. The van der Waals surface area contributed by atoms with Gasteiger partial charge in [-0.2, -0.15) is 0 Å². The molecular formula is C14H20BrNO2S. The number of amides is 1. The number of nitrogens with zero attached hydrogens (tertiary/aromatic N) is 1. The highest BCUT2D eigenvalue weighted by Crippen LogP contribution is 2.31. The first kappa shape index (κ1) is 15.0. The molecule has 0 aromatic carbocycles. The van der Waals surface area contributed by atoms with Gasteiger partial charge in [0.05, 0.1) is 15.8 Å². The second kappa shape index (κ2) is 6.37. The molecule has 106 valence electrons. The van der Waals surface area contributed by atoms with Gasteiger partial charge in [-0.1, -0.05) is 0 Å². The van der Waals surface area contributed by atoms with Gasteiger partial charge in [0.25, 0.3) is 0 Å². The van der Waals surface area contributed by atoms with Crippen LogP contribution in [-0.2, 0) is 4.79 Å². The van der Waals surface area contributed by atoms with Crippen molar-refractivity contribution in [2.75, 3.05) is 13.1 Å². The van der Waals surface area contributed by atoms with Crippen molar-refractivity contribution < 1.29 is 9.90 Å².